The third-order valence-corrected chi connectivity index (χ3v) is 3.38. The van der Waals surface area contributed by atoms with Gasteiger partial charge in [-0.05, 0) is 31.6 Å². The van der Waals surface area contributed by atoms with Crippen molar-refractivity contribution in [2.45, 2.75) is 63.8 Å². The van der Waals surface area contributed by atoms with Gasteiger partial charge in [0.05, 0.1) is 12.2 Å². The van der Waals surface area contributed by atoms with Crippen molar-refractivity contribution in [2.75, 3.05) is 6.61 Å². The predicted octanol–water partition coefficient (Wildman–Crippen LogP) is 3.29. The summed E-state index contributed by atoms with van der Waals surface area (Å²) in [7, 11) is 0. The van der Waals surface area contributed by atoms with Crippen molar-refractivity contribution in [1.29, 1.82) is 0 Å². The Labute approximate surface area is 100 Å². The first-order valence-electron chi connectivity index (χ1n) is 6.28. The lowest BCUT2D eigenvalue weighted by atomic mass is 9.84. The lowest BCUT2D eigenvalue weighted by Crippen LogP contribution is -2.36. The van der Waals surface area contributed by atoms with Crippen molar-refractivity contribution in [2.24, 2.45) is 5.92 Å². The topological polar surface area (TPSA) is 29.5 Å². The van der Waals surface area contributed by atoms with Crippen LogP contribution in [0.5, 0.6) is 0 Å². The largest absolute Gasteiger partial charge is 0.390 e. The van der Waals surface area contributed by atoms with Crippen LogP contribution < -0.4 is 0 Å². The molecule has 3 unspecified atom stereocenters. The molecule has 0 aliphatic heterocycles. The van der Waals surface area contributed by atoms with Crippen LogP contribution in [0, 0.1) is 5.92 Å². The van der Waals surface area contributed by atoms with Gasteiger partial charge in [0.25, 0.3) is 0 Å². The Morgan fingerprint density at radius 2 is 2.00 bits per heavy atom. The van der Waals surface area contributed by atoms with Crippen molar-refractivity contribution in [3.8, 4) is 0 Å². The average molecular weight is 254 g/mol. The molecule has 102 valence electrons. The number of aliphatic hydroxyl groups is 1. The van der Waals surface area contributed by atoms with Crippen LogP contribution in [0.1, 0.15) is 45.4 Å². The highest BCUT2D eigenvalue weighted by molar-refractivity contribution is 4.79. The third-order valence-electron chi connectivity index (χ3n) is 3.38. The molecule has 0 heterocycles. The van der Waals surface area contributed by atoms with E-state index < -0.39 is 18.7 Å². The number of aliphatic hydroxyl groups excluding tert-OH is 1. The molecule has 1 rings (SSSR count). The van der Waals surface area contributed by atoms with Crippen LogP contribution in [0.25, 0.3) is 0 Å². The maximum absolute atomic E-state index is 11.9. The zero-order chi connectivity index (χ0) is 12.9. The smallest absolute Gasteiger partial charge is 0.389 e. The van der Waals surface area contributed by atoms with E-state index in [1.54, 1.807) is 0 Å². The van der Waals surface area contributed by atoms with Crippen LogP contribution in [0.15, 0.2) is 0 Å². The van der Waals surface area contributed by atoms with E-state index in [-0.39, 0.29) is 19.1 Å². The summed E-state index contributed by atoms with van der Waals surface area (Å²) in [5.41, 5.74) is 0. The summed E-state index contributed by atoms with van der Waals surface area (Å²) in [5.74, 6) is 0.533. The highest BCUT2D eigenvalue weighted by atomic mass is 19.4. The molecule has 1 fully saturated rings. The maximum Gasteiger partial charge on any atom is 0.389 e. The van der Waals surface area contributed by atoms with Crippen LogP contribution in [-0.2, 0) is 4.74 Å². The zero-order valence-electron chi connectivity index (χ0n) is 10.2. The molecule has 1 aliphatic rings. The molecule has 1 aliphatic carbocycles. The Morgan fingerprint density at radius 1 is 1.29 bits per heavy atom. The lowest BCUT2D eigenvalue weighted by Gasteiger charge is -2.32. The first-order chi connectivity index (χ1) is 7.92. The summed E-state index contributed by atoms with van der Waals surface area (Å²) in [6.07, 6.45) is -2.25. The quantitative estimate of drug-likeness (QED) is 0.763. The summed E-state index contributed by atoms with van der Waals surface area (Å²) < 4.78 is 41.1. The van der Waals surface area contributed by atoms with E-state index in [0.29, 0.717) is 12.3 Å². The molecule has 17 heavy (non-hydrogen) atoms. The fraction of sp³-hybridized carbons (Fsp3) is 1.00. The normalized spacial score (nSPS) is 30.5. The van der Waals surface area contributed by atoms with Crippen LogP contribution in [0.4, 0.5) is 13.2 Å². The summed E-state index contributed by atoms with van der Waals surface area (Å²) in [6.45, 7) is 2.17. The minimum Gasteiger partial charge on any atom is -0.390 e. The lowest BCUT2D eigenvalue weighted by molar-refractivity contribution is -0.141. The number of rotatable bonds is 5. The van der Waals surface area contributed by atoms with Gasteiger partial charge in [-0.1, -0.05) is 13.3 Å². The Kier molecular flexibility index (Phi) is 5.73. The second-order valence-corrected chi connectivity index (χ2v) is 4.78. The van der Waals surface area contributed by atoms with Crippen molar-refractivity contribution in [1.82, 2.24) is 0 Å². The average Bonchev–Trinajstić information content (AvgIpc) is 2.25. The number of hydrogen-bond acceptors (Lipinski definition) is 2. The number of alkyl halides is 3. The van der Waals surface area contributed by atoms with E-state index in [9.17, 15) is 18.3 Å². The Morgan fingerprint density at radius 3 is 2.59 bits per heavy atom. The van der Waals surface area contributed by atoms with E-state index in [1.807, 2.05) is 0 Å². The standard InChI is InChI=1S/C12H21F3O2/c1-2-9-4-5-10(16)11(8-9)17-7-3-6-12(13,14)15/h9-11,16H,2-8H2,1H3. The Balaban J connectivity index is 2.20. The first kappa shape index (κ1) is 14.8. The van der Waals surface area contributed by atoms with Gasteiger partial charge in [0.2, 0.25) is 0 Å². The summed E-state index contributed by atoms with van der Waals surface area (Å²) in [5, 5.41) is 9.69. The van der Waals surface area contributed by atoms with Gasteiger partial charge < -0.3 is 9.84 Å². The molecule has 2 nitrogen and oxygen atoms in total. The Hall–Kier alpha value is -0.290. The van der Waals surface area contributed by atoms with E-state index in [4.69, 9.17) is 4.74 Å². The van der Waals surface area contributed by atoms with Crippen molar-refractivity contribution >= 4 is 0 Å². The number of halogens is 3. The van der Waals surface area contributed by atoms with Gasteiger partial charge in [-0.3, -0.25) is 0 Å². The molecular weight excluding hydrogens is 233 g/mol. The second kappa shape index (κ2) is 6.59. The minimum absolute atomic E-state index is 0.0243. The molecule has 0 spiro atoms. The SMILES string of the molecule is CCC1CCC(O)C(OCCCC(F)(F)F)C1. The van der Waals surface area contributed by atoms with Gasteiger partial charge in [0, 0.05) is 13.0 Å². The van der Waals surface area contributed by atoms with E-state index in [2.05, 4.69) is 6.92 Å². The maximum atomic E-state index is 11.9. The van der Waals surface area contributed by atoms with Crippen LogP contribution in [-0.4, -0.2) is 30.1 Å². The molecule has 1 N–H and O–H groups in total. The summed E-state index contributed by atoms with van der Waals surface area (Å²) in [6, 6.07) is 0. The van der Waals surface area contributed by atoms with Crippen molar-refractivity contribution < 1.29 is 23.0 Å². The molecular formula is C12H21F3O2. The third kappa shape index (κ3) is 5.73. The molecule has 5 heteroatoms. The fourth-order valence-corrected chi connectivity index (χ4v) is 2.25. The van der Waals surface area contributed by atoms with E-state index in [1.165, 1.54) is 0 Å². The molecule has 0 radical (unpaired) electrons. The van der Waals surface area contributed by atoms with Gasteiger partial charge in [0.1, 0.15) is 0 Å². The first-order valence-corrected chi connectivity index (χ1v) is 6.28. The highest BCUT2D eigenvalue weighted by Gasteiger charge is 2.30. The van der Waals surface area contributed by atoms with Gasteiger partial charge >= 0.3 is 6.18 Å². The van der Waals surface area contributed by atoms with Gasteiger partial charge in [0.15, 0.2) is 0 Å². The number of hydrogen-bond donors (Lipinski definition) is 1. The monoisotopic (exact) mass is 254 g/mol. The number of ether oxygens (including phenoxy) is 1. The molecule has 0 aromatic heterocycles. The van der Waals surface area contributed by atoms with Gasteiger partial charge in [-0.25, -0.2) is 0 Å². The van der Waals surface area contributed by atoms with Crippen molar-refractivity contribution in [3.05, 3.63) is 0 Å². The molecule has 1 saturated carbocycles. The molecule has 3 atom stereocenters. The molecule has 0 aromatic carbocycles. The summed E-state index contributed by atoms with van der Waals surface area (Å²) in [4.78, 5) is 0. The minimum atomic E-state index is -4.11. The molecule has 0 amide bonds. The molecule has 0 saturated heterocycles. The molecule has 0 aromatic rings. The second-order valence-electron chi connectivity index (χ2n) is 4.78. The van der Waals surface area contributed by atoms with E-state index >= 15 is 0 Å². The van der Waals surface area contributed by atoms with Crippen molar-refractivity contribution in [3.63, 3.8) is 0 Å². The van der Waals surface area contributed by atoms with Crippen LogP contribution in [0.2, 0.25) is 0 Å². The summed E-state index contributed by atoms with van der Waals surface area (Å²) >= 11 is 0. The fourth-order valence-electron chi connectivity index (χ4n) is 2.25. The highest BCUT2D eigenvalue weighted by Crippen LogP contribution is 2.29. The predicted molar refractivity (Wildman–Crippen MR) is 58.7 cm³/mol. The zero-order valence-corrected chi connectivity index (χ0v) is 10.2. The van der Waals surface area contributed by atoms with E-state index in [0.717, 1.165) is 19.3 Å². The van der Waals surface area contributed by atoms with Crippen LogP contribution >= 0.6 is 0 Å². The van der Waals surface area contributed by atoms with Gasteiger partial charge in [-0.15, -0.1) is 0 Å². The molecule has 0 bridgehead atoms. The Bertz CT molecular complexity index is 218. The van der Waals surface area contributed by atoms with Crippen LogP contribution in [0.3, 0.4) is 0 Å². The van der Waals surface area contributed by atoms with Gasteiger partial charge in [-0.2, -0.15) is 13.2 Å².